The van der Waals surface area contributed by atoms with E-state index in [4.69, 9.17) is 14.2 Å². The van der Waals surface area contributed by atoms with Crippen LogP contribution in [0.4, 0.5) is 0 Å². The van der Waals surface area contributed by atoms with Crippen LogP contribution in [0.5, 0.6) is 5.75 Å². The summed E-state index contributed by atoms with van der Waals surface area (Å²) in [6.07, 6.45) is -3.66. The van der Waals surface area contributed by atoms with Gasteiger partial charge in [0.1, 0.15) is 29.7 Å². The first-order valence-corrected chi connectivity index (χ1v) is 13.2. The summed E-state index contributed by atoms with van der Waals surface area (Å²) in [7, 11) is 0. The van der Waals surface area contributed by atoms with Crippen LogP contribution in [-0.4, -0.2) is 51.3 Å². The van der Waals surface area contributed by atoms with E-state index in [2.05, 4.69) is 4.98 Å². The highest BCUT2D eigenvalue weighted by Crippen LogP contribution is 2.42. The minimum absolute atomic E-state index is 0.122. The third kappa shape index (κ3) is 5.12. The molecule has 0 spiro atoms. The van der Waals surface area contributed by atoms with Crippen LogP contribution in [0.1, 0.15) is 35.4 Å². The molecule has 0 bridgehead atoms. The van der Waals surface area contributed by atoms with Gasteiger partial charge in [0.25, 0.3) is 5.56 Å². The molecule has 0 radical (unpaired) electrons. The second-order valence-electron chi connectivity index (χ2n) is 9.71. The lowest BCUT2D eigenvalue weighted by Gasteiger charge is -2.37. The Morgan fingerprint density at radius 2 is 1.45 bits per heavy atom. The second kappa shape index (κ2) is 11.6. The van der Waals surface area contributed by atoms with Crippen LogP contribution in [-0.2, 0) is 15.1 Å². The molecule has 40 heavy (non-hydrogen) atoms. The molecule has 3 N–H and O–H groups in total. The van der Waals surface area contributed by atoms with Crippen molar-refractivity contribution in [1.82, 2.24) is 9.55 Å². The van der Waals surface area contributed by atoms with Crippen LogP contribution in [0, 0.1) is 6.92 Å². The van der Waals surface area contributed by atoms with E-state index in [1.165, 1.54) is 13.1 Å². The van der Waals surface area contributed by atoms with Gasteiger partial charge in [-0.1, -0.05) is 72.8 Å². The second-order valence-corrected chi connectivity index (χ2v) is 9.71. The van der Waals surface area contributed by atoms with E-state index in [1.54, 1.807) is 0 Å². The zero-order valence-corrected chi connectivity index (χ0v) is 22.3. The highest BCUT2D eigenvalue weighted by atomic mass is 16.6. The Bertz CT molecular complexity index is 1490. The molecule has 9 heteroatoms. The van der Waals surface area contributed by atoms with Crippen LogP contribution in [0.25, 0.3) is 0 Å². The van der Waals surface area contributed by atoms with Gasteiger partial charge in [-0.2, -0.15) is 0 Å². The number of benzene rings is 3. The molecule has 0 amide bonds. The fourth-order valence-electron chi connectivity index (χ4n) is 5.13. The number of aromatic nitrogens is 2. The topological polar surface area (TPSA) is 123 Å². The summed E-state index contributed by atoms with van der Waals surface area (Å²) in [5.41, 5.74) is 0.415. The van der Waals surface area contributed by atoms with Crippen molar-refractivity contribution in [2.24, 2.45) is 0 Å². The number of aryl methyl sites for hydroxylation is 1. The molecule has 1 fully saturated rings. The van der Waals surface area contributed by atoms with Crippen molar-refractivity contribution in [3.05, 3.63) is 134 Å². The van der Waals surface area contributed by atoms with Crippen LogP contribution in [0.15, 0.2) is 101 Å². The molecule has 1 aromatic heterocycles. The van der Waals surface area contributed by atoms with Crippen LogP contribution in [0.2, 0.25) is 0 Å². The van der Waals surface area contributed by atoms with Gasteiger partial charge in [0.05, 0.1) is 13.2 Å². The van der Waals surface area contributed by atoms with Gasteiger partial charge in [-0.05, 0) is 42.7 Å². The predicted octanol–water partition coefficient (Wildman–Crippen LogP) is 2.87. The first-order chi connectivity index (χ1) is 19.3. The standard InChI is InChI=1S/C31H32N2O7/c1-3-38-24-16-14-23(15-17-24)31(21-10-6-4-7-11-21,22-12-8-5-9-13-22)39-19-25-26(34)27(35)29(40-25)33-18-20(2)28(36)32-30(33)37/h4-18,25-27,29,34-35H,3,19H2,1-2H3,(H,32,36,37)/t25-,26-,27-,29-/m1/s1. The third-order valence-corrected chi connectivity index (χ3v) is 7.15. The Morgan fingerprint density at radius 1 is 0.875 bits per heavy atom. The molecular weight excluding hydrogens is 512 g/mol. The van der Waals surface area contributed by atoms with Crippen molar-refractivity contribution in [1.29, 1.82) is 0 Å². The van der Waals surface area contributed by atoms with Gasteiger partial charge in [-0.25, -0.2) is 4.79 Å². The molecule has 4 aromatic rings. The number of hydrogen-bond donors (Lipinski definition) is 3. The highest BCUT2D eigenvalue weighted by Gasteiger charge is 2.46. The van der Waals surface area contributed by atoms with Crippen molar-refractivity contribution in [3.8, 4) is 5.75 Å². The van der Waals surface area contributed by atoms with Gasteiger partial charge in [-0.3, -0.25) is 14.3 Å². The van der Waals surface area contributed by atoms with Crippen LogP contribution in [0.3, 0.4) is 0 Å². The summed E-state index contributed by atoms with van der Waals surface area (Å²) >= 11 is 0. The molecule has 4 atom stereocenters. The first-order valence-electron chi connectivity index (χ1n) is 13.2. The van der Waals surface area contributed by atoms with Crippen LogP contribution < -0.4 is 16.0 Å². The molecule has 1 aliphatic heterocycles. The number of nitrogens with one attached hydrogen (secondary N) is 1. The zero-order chi connectivity index (χ0) is 28.3. The van der Waals surface area contributed by atoms with Crippen molar-refractivity contribution in [3.63, 3.8) is 0 Å². The van der Waals surface area contributed by atoms with E-state index in [0.29, 0.717) is 6.61 Å². The maximum Gasteiger partial charge on any atom is 0.330 e. The third-order valence-electron chi connectivity index (χ3n) is 7.15. The molecule has 208 valence electrons. The van der Waals surface area contributed by atoms with Crippen molar-refractivity contribution in [2.45, 2.75) is 44.0 Å². The van der Waals surface area contributed by atoms with Crippen LogP contribution >= 0.6 is 0 Å². The van der Waals surface area contributed by atoms with Gasteiger partial charge < -0.3 is 24.4 Å². The summed E-state index contributed by atoms with van der Waals surface area (Å²) in [6, 6.07) is 27.1. The van der Waals surface area contributed by atoms with E-state index >= 15 is 0 Å². The first kappa shape index (κ1) is 27.5. The number of aromatic amines is 1. The van der Waals surface area contributed by atoms with Crippen molar-refractivity contribution < 1.29 is 24.4 Å². The van der Waals surface area contributed by atoms with Gasteiger partial charge in [0.2, 0.25) is 0 Å². The van der Waals surface area contributed by atoms with Gasteiger partial charge >= 0.3 is 5.69 Å². The summed E-state index contributed by atoms with van der Waals surface area (Å²) in [5.74, 6) is 0.725. The lowest BCUT2D eigenvalue weighted by Crippen LogP contribution is -2.40. The number of H-pyrrole nitrogens is 1. The molecule has 1 saturated heterocycles. The summed E-state index contributed by atoms with van der Waals surface area (Å²) < 4.78 is 19.5. The van der Waals surface area contributed by atoms with E-state index in [1.807, 2.05) is 91.9 Å². The fraction of sp³-hybridized carbons (Fsp3) is 0.290. The molecular formula is C31H32N2O7. The maximum absolute atomic E-state index is 12.5. The number of aliphatic hydroxyl groups excluding tert-OH is 2. The summed E-state index contributed by atoms with van der Waals surface area (Å²) in [6.45, 7) is 3.88. The summed E-state index contributed by atoms with van der Waals surface area (Å²) in [4.78, 5) is 26.5. The molecule has 0 aliphatic carbocycles. The lowest BCUT2D eigenvalue weighted by molar-refractivity contribution is -0.0959. The van der Waals surface area contributed by atoms with Gasteiger partial charge in [0.15, 0.2) is 6.23 Å². The predicted molar refractivity (Wildman–Crippen MR) is 148 cm³/mol. The summed E-state index contributed by atoms with van der Waals surface area (Å²) in [5, 5.41) is 21.8. The molecule has 5 rings (SSSR count). The van der Waals surface area contributed by atoms with Crippen molar-refractivity contribution in [2.75, 3.05) is 13.2 Å². The minimum Gasteiger partial charge on any atom is -0.494 e. The normalized spacial score (nSPS) is 20.9. The monoisotopic (exact) mass is 544 g/mol. The van der Waals surface area contributed by atoms with E-state index in [0.717, 1.165) is 27.0 Å². The fourth-order valence-corrected chi connectivity index (χ4v) is 5.13. The minimum atomic E-state index is -1.43. The average molecular weight is 545 g/mol. The number of ether oxygens (including phenoxy) is 3. The quantitative estimate of drug-likeness (QED) is 0.277. The van der Waals surface area contributed by atoms with Crippen molar-refractivity contribution >= 4 is 0 Å². The zero-order valence-electron chi connectivity index (χ0n) is 22.3. The molecule has 0 saturated carbocycles. The number of rotatable bonds is 9. The molecule has 0 unspecified atom stereocenters. The largest absolute Gasteiger partial charge is 0.494 e. The number of hydrogen-bond acceptors (Lipinski definition) is 7. The van der Waals surface area contributed by atoms with E-state index < -0.39 is 41.4 Å². The maximum atomic E-state index is 12.5. The SMILES string of the molecule is CCOc1ccc(C(OC[C@H]2O[C@@H](n3cc(C)c(=O)[nH]c3=O)[C@H](O)[C@@H]2O)(c2ccccc2)c2ccccc2)cc1. The Hall–Kier alpha value is -4.02. The highest BCUT2D eigenvalue weighted by molar-refractivity contribution is 5.48. The van der Waals surface area contributed by atoms with Gasteiger partial charge in [0, 0.05) is 11.8 Å². The van der Waals surface area contributed by atoms with E-state index in [-0.39, 0.29) is 12.2 Å². The number of nitrogens with zero attached hydrogens (tertiary/aromatic N) is 1. The smallest absolute Gasteiger partial charge is 0.330 e. The molecule has 9 nitrogen and oxygen atoms in total. The molecule has 1 aliphatic rings. The van der Waals surface area contributed by atoms with E-state index in [9.17, 15) is 19.8 Å². The Labute approximate surface area is 231 Å². The van der Waals surface area contributed by atoms with Gasteiger partial charge in [-0.15, -0.1) is 0 Å². The number of aliphatic hydroxyl groups is 2. The Balaban J connectivity index is 1.54. The Morgan fingerprint density at radius 3 is 2.02 bits per heavy atom. The Kier molecular flexibility index (Phi) is 7.99. The lowest BCUT2D eigenvalue weighted by atomic mass is 9.80. The molecule has 3 aromatic carbocycles. The average Bonchev–Trinajstić information content (AvgIpc) is 3.26. The molecule has 2 heterocycles.